The molecular formula is C35H38O7. The molecule has 7 heteroatoms. The molecule has 0 saturated carbocycles. The van der Waals surface area contributed by atoms with Gasteiger partial charge in [0.05, 0.1) is 33.5 Å². The average molecular weight is 571 g/mol. The molecule has 7 nitrogen and oxygen atoms in total. The Kier molecular flexibility index (Phi) is 11.0. The first-order chi connectivity index (χ1) is 20.7. The van der Waals surface area contributed by atoms with Crippen LogP contribution in [0, 0.1) is 0 Å². The molecule has 4 aromatic carbocycles. The van der Waals surface area contributed by atoms with Gasteiger partial charge in [-0.05, 0) is 41.0 Å². The van der Waals surface area contributed by atoms with E-state index < -0.39 is 30.7 Å². The van der Waals surface area contributed by atoms with Crippen LogP contribution in [0.5, 0.6) is 11.5 Å². The second-order valence-corrected chi connectivity index (χ2v) is 10.1. The molecule has 0 aromatic heterocycles. The van der Waals surface area contributed by atoms with Crippen molar-refractivity contribution >= 4 is 0 Å². The summed E-state index contributed by atoms with van der Waals surface area (Å²) in [5, 5.41) is 0. The minimum absolute atomic E-state index is 0.280. The molecule has 0 unspecified atom stereocenters. The van der Waals surface area contributed by atoms with Crippen molar-refractivity contribution in [2.45, 2.75) is 50.5 Å². The first kappa shape index (κ1) is 29.8. The highest BCUT2D eigenvalue weighted by Crippen LogP contribution is 2.32. The summed E-state index contributed by atoms with van der Waals surface area (Å²) in [5.41, 5.74) is 3.15. The zero-order chi connectivity index (χ0) is 29.0. The molecule has 0 bridgehead atoms. The minimum atomic E-state index is -0.709. The lowest BCUT2D eigenvalue weighted by molar-refractivity contribution is -0.311. The number of benzene rings is 4. The molecule has 220 valence electrons. The number of ether oxygens (including phenoxy) is 7. The third kappa shape index (κ3) is 8.18. The standard InChI is InChI=1S/C35H38O7/c1-36-29-18-20-30(21-19-29)41-33-32(39-23-27-14-8-4-9-15-27)31(25-38-22-26-12-6-3-7-13-26)42-35(37-2)34(33)40-24-28-16-10-5-11-17-28/h3-21,31-35H,22-25H2,1-2H3/t31-,32-,33+,34+,35+/m1/s1. The summed E-state index contributed by atoms with van der Waals surface area (Å²) < 4.78 is 43.6. The van der Waals surface area contributed by atoms with Crippen molar-refractivity contribution in [1.82, 2.24) is 0 Å². The molecule has 1 aliphatic heterocycles. The molecule has 1 saturated heterocycles. The lowest BCUT2D eigenvalue weighted by Gasteiger charge is -2.45. The van der Waals surface area contributed by atoms with Crippen LogP contribution in [-0.2, 0) is 43.5 Å². The van der Waals surface area contributed by atoms with Gasteiger partial charge >= 0.3 is 0 Å². The highest BCUT2D eigenvalue weighted by molar-refractivity contribution is 5.31. The normalized spacial score (nSPS) is 22.0. The highest BCUT2D eigenvalue weighted by atomic mass is 16.7. The van der Waals surface area contributed by atoms with E-state index in [0.717, 1.165) is 22.4 Å². The van der Waals surface area contributed by atoms with Crippen molar-refractivity contribution < 1.29 is 33.2 Å². The summed E-state index contributed by atoms with van der Waals surface area (Å²) in [6.45, 7) is 1.46. The molecule has 0 aliphatic carbocycles. The predicted octanol–water partition coefficient (Wildman–Crippen LogP) is 6.20. The van der Waals surface area contributed by atoms with Gasteiger partial charge in [-0.25, -0.2) is 0 Å². The fraction of sp³-hybridized carbons (Fsp3) is 0.314. The van der Waals surface area contributed by atoms with Crippen LogP contribution in [0.15, 0.2) is 115 Å². The number of hydrogen-bond acceptors (Lipinski definition) is 7. The maximum Gasteiger partial charge on any atom is 0.187 e. The van der Waals surface area contributed by atoms with E-state index in [1.54, 1.807) is 14.2 Å². The van der Waals surface area contributed by atoms with E-state index in [1.165, 1.54) is 0 Å². The van der Waals surface area contributed by atoms with Crippen LogP contribution in [0.2, 0.25) is 0 Å². The first-order valence-corrected chi connectivity index (χ1v) is 14.1. The zero-order valence-electron chi connectivity index (χ0n) is 24.0. The average Bonchev–Trinajstić information content (AvgIpc) is 3.05. The van der Waals surface area contributed by atoms with Crippen LogP contribution in [0.4, 0.5) is 0 Å². The molecular weight excluding hydrogens is 532 g/mol. The quantitative estimate of drug-likeness (QED) is 0.179. The van der Waals surface area contributed by atoms with Gasteiger partial charge in [0.1, 0.15) is 29.8 Å². The van der Waals surface area contributed by atoms with E-state index >= 15 is 0 Å². The van der Waals surface area contributed by atoms with Crippen LogP contribution in [0.25, 0.3) is 0 Å². The largest absolute Gasteiger partial charge is 0.497 e. The fourth-order valence-electron chi connectivity index (χ4n) is 4.93. The van der Waals surface area contributed by atoms with E-state index in [9.17, 15) is 0 Å². The maximum atomic E-state index is 6.66. The molecule has 0 amide bonds. The zero-order valence-corrected chi connectivity index (χ0v) is 24.0. The van der Waals surface area contributed by atoms with Crippen molar-refractivity contribution in [2.24, 2.45) is 0 Å². The van der Waals surface area contributed by atoms with Gasteiger partial charge < -0.3 is 33.2 Å². The summed E-state index contributed by atoms with van der Waals surface area (Å²) in [6.07, 6.45) is -2.89. The Bertz CT molecular complexity index is 1300. The smallest absolute Gasteiger partial charge is 0.187 e. The topological polar surface area (TPSA) is 64.6 Å². The molecule has 5 rings (SSSR count). The third-order valence-corrected chi connectivity index (χ3v) is 7.12. The SMILES string of the molecule is COc1ccc(O[C@@H]2[C@H](OCc3ccccc3)[C@@H](OC)O[C@H](COCc3ccccc3)[C@H]2OCc2ccccc2)cc1. The van der Waals surface area contributed by atoms with Gasteiger partial charge in [0.2, 0.25) is 0 Å². The second kappa shape index (κ2) is 15.5. The Balaban J connectivity index is 1.42. The van der Waals surface area contributed by atoms with Gasteiger partial charge in [0.15, 0.2) is 12.4 Å². The van der Waals surface area contributed by atoms with Gasteiger partial charge in [-0.2, -0.15) is 0 Å². The number of rotatable bonds is 14. The molecule has 42 heavy (non-hydrogen) atoms. The number of methoxy groups -OCH3 is 2. The molecule has 1 aliphatic rings. The Morgan fingerprint density at radius 3 is 1.57 bits per heavy atom. The monoisotopic (exact) mass is 570 g/mol. The fourth-order valence-corrected chi connectivity index (χ4v) is 4.93. The van der Waals surface area contributed by atoms with E-state index in [1.807, 2.05) is 115 Å². The molecule has 0 N–H and O–H groups in total. The number of hydrogen-bond donors (Lipinski definition) is 0. The van der Waals surface area contributed by atoms with Crippen molar-refractivity contribution in [3.63, 3.8) is 0 Å². The summed E-state index contributed by atoms with van der Waals surface area (Å²) in [5.74, 6) is 1.40. The first-order valence-electron chi connectivity index (χ1n) is 14.1. The Labute approximate surface area is 247 Å². The van der Waals surface area contributed by atoms with Crippen LogP contribution in [0.1, 0.15) is 16.7 Å². The van der Waals surface area contributed by atoms with Gasteiger partial charge in [0, 0.05) is 7.11 Å². The molecule has 4 aromatic rings. The van der Waals surface area contributed by atoms with E-state index in [2.05, 4.69) is 0 Å². The van der Waals surface area contributed by atoms with Gasteiger partial charge in [-0.1, -0.05) is 91.0 Å². The van der Waals surface area contributed by atoms with Crippen LogP contribution < -0.4 is 9.47 Å². The van der Waals surface area contributed by atoms with Crippen LogP contribution in [0.3, 0.4) is 0 Å². The van der Waals surface area contributed by atoms with Crippen LogP contribution >= 0.6 is 0 Å². The van der Waals surface area contributed by atoms with Gasteiger partial charge in [0.25, 0.3) is 0 Å². The third-order valence-electron chi connectivity index (χ3n) is 7.12. The van der Waals surface area contributed by atoms with E-state index in [0.29, 0.717) is 25.6 Å². The maximum absolute atomic E-state index is 6.66. The summed E-state index contributed by atoms with van der Waals surface area (Å²) in [4.78, 5) is 0. The Hall–Kier alpha value is -3.72. The van der Waals surface area contributed by atoms with Crippen molar-refractivity contribution in [3.8, 4) is 11.5 Å². The minimum Gasteiger partial charge on any atom is -0.497 e. The van der Waals surface area contributed by atoms with Crippen LogP contribution in [-0.4, -0.2) is 51.5 Å². The van der Waals surface area contributed by atoms with Crippen molar-refractivity contribution in [1.29, 1.82) is 0 Å². The molecule has 1 fully saturated rings. The van der Waals surface area contributed by atoms with Gasteiger partial charge in [-0.15, -0.1) is 0 Å². The lowest BCUT2D eigenvalue weighted by atomic mass is 9.97. The second-order valence-electron chi connectivity index (χ2n) is 10.1. The van der Waals surface area contributed by atoms with E-state index in [4.69, 9.17) is 33.2 Å². The molecule has 0 spiro atoms. The molecule has 1 heterocycles. The molecule has 0 radical (unpaired) electrons. The van der Waals surface area contributed by atoms with Crippen molar-refractivity contribution in [2.75, 3.05) is 20.8 Å². The van der Waals surface area contributed by atoms with Gasteiger partial charge in [-0.3, -0.25) is 0 Å². The summed E-state index contributed by atoms with van der Waals surface area (Å²) in [6, 6.07) is 37.6. The Morgan fingerprint density at radius 1 is 0.548 bits per heavy atom. The van der Waals surface area contributed by atoms with Crippen molar-refractivity contribution in [3.05, 3.63) is 132 Å². The highest BCUT2D eigenvalue weighted by Gasteiger charge is 2.49. The summed E-state index contributed by atoms with van der Waals surface area (Å²) in [7, 11) is 3.25. The predicted molar refractivity (Wildman–Crippen MR) is 159 cm³/mol. The lowest BCUT2D eigenvalue weighted by Crippen LogP contribution is -2.62. The molecule has 5 atom stereocenters. The Morgan fingerprint density at radius 2 is 1.05 bits per heavy atom. The van der Waals surface area contributed by atoms with E-state index in [-0.39, 0.29) is 6.61 Å². The summed E-state index contributed by atoms with van der Waals surface area (Å²) >= 11 is 0.